The molecule has 1 aromatic rings. The first-order valence-corrected chi connectivity index (χ1v) is 6.14. The molecule has 20 heavy (non-hydrogen) atoms. The van der Waals surface area contributed by atoms with Gasteiger partial charge in [0.15, 0.2) is 6.04 Å². The number of carboxylic acids is 1. The summed E-state index contributed by atoms with van der Waals surface area (Å²) < 4.78 is 6.20. The number of ether oxygens (including phenoxy) is 1. The minimum absolute atomic E-state index is 0.110. The van der Waals surface area contributed by atoms with Crippen molar-refractivity contribution in [1.82, 2.24) is 15.1 Å². The highest BCUT2D eigenvalue weighted by atomic mass is 35.5. The Bertz CT molecular complexity index is 539. The lowest BCUT2D eigenvalue weighted by Crippen LogP contribution is -2.43. The number of halogens is 1. The Balaban J connectivity index is 2.74. The minimum Gasteiger partial charge on any atom is -0.480 e. The van der Waals surface area contributed by atoms with Crippen molar-refractivity contribution in [3.05, 3.63) is 22.5 Å². The zero-order valence-corrected chi connectivity index (χ0v) is 12.1. The lowest BCUT2D eigenvalue weighted by molar-refractivity contribution is -0.142. The maximum atomic E-state index is 11.6. The van der Waals surface area contributed by atoms with Gasteiger partial charge in [-0.2, -0.15) is 5.10 Å². The molecular weight excluding hydrogens is 286 g/mol. The van der Waals surface area contributed by atoms with Crippen molar-refractivity contribution in [3.63, 3.8) is 0 Å². The van der Waals surface area contributed by atoms with Crippen LogP contribution in [0.1, 0.15) is 11.3 Å². The largest absolute Gasteiger partial charge is 0.480 e. The first kappa shape index (κ1) is 16.2. The number of hydrogen-bond acceptors (Lipinski definition) is 4. The van der Waals surface area contributed by atoms with Gasteiger partial charge in [0.2, 0.25) is 5.91 Å². The van der Waals surface area contributed by atoms with E-state index in [1.165, 1.54) is 23.9 Å². The van der Waals surface area contributed by atoms with Gasteiger partial charge in [0.05, 0.1) is 12.3 Å². The maximum absolute atomic E-state index is 11.6. The number of aliphatic carboxylic acids is 1. The number of aryl methyl sites for hydroxylation is 2. The van der Waals surface area contributed by atoms with Gasteiger partial charge in [0, 0.05) is 25.8 Å². The molecule has 0 bridgehead atoms. The van der Waals surface area contributed by atoms with Gasteiger partial charge in [0.1, 0.15) is 5.15 Å². The second-order valence-electron chi connectivity index (χ2n) is 4.10. The smallest absolute Gasteiger partial charge is 0.328 e. The number of methoxy groups -OCH3 is 1. The summed E-state index contributed by atoms with van der Waals surface area (Å²) in [5.41, 5.74) is 1.29. The Morgan fingerprint density at radius 1 is 1.60 bits per heavy atom. The van der Waals surface area contributed by atoms with E-state index in [-0.39, 0.29) is 6.61 Å². The number of amides is 1. The third kappa shape index (κ3) is 4.07. The summed E-state index contributed by atoms with van der Waals surface area (Å²) in [5, 5.41) is 15.7. The van der Waals surface area contributed by atoms with Gasteiger partial charge in [-0.15, -0.1) is 0 Å². The molecule has 1 amide bonds. The summed E-state index contributed by atoms with van der Waals surface area (Å²) in [6.07, 6.45) is 2.70. The third-order valence-corrected chi connectivity index (χ3v) is 2.99. The molecular formula is C12H16ClN3O4. The van der Waals surface area contributed by atoms with Crippen molar-refractivity contribution in [2.75, 3.05) is 13.7 Å². The van der Waals surface area contributed by atoms with Gasteiger partial charge in [-0.05, 0) is 13.0 Å². The number of carbonyl (C=O) groups excluding carboxylic acids is 1. The van der Waals surface area contributed by atoms with Crippen molar-refractivity contribution in [2.24, 2.45) is 7.05 Å². The predicted molar refractivity (Wildman–Crippen MR) is 73.4 cm³/mol. The van der Waals surface area contributed by atoms with Crippen LogP contribution in [0.4, 0.5) is 0 Å². The molecule has 7 nitrogen and oxygen atoms in total. The number of aromatic nitrogens is 2. The topological polar surface area (TPSA) is 93.5 Å². The Labute approximate surface area is 121 Å². The van der Waals surface area contributed by atoms with Crippen LogP contribution in [0.15, 0.2) is 6.08 Å². The second-order valence-corrected chi connectivity index (χ2v) is 4.46. The minimum atomic E-state index is -1.16. The molecule has 1 unspecified atom stereocenters. The summed E-state index contributed by atoms with van der Waals surface area (Å²) in [4.78, 5) is 22.5. The number of rotatable bonds is 6. The van der Waals surface area contributed by atoms with E-state index in [4.69, 9.17) is 21.4 Å². The quantitative estimate of drug-likeness (QED) is 0.751. The molecule has 8 heteroatoms. The number of nitrogens with zero attached hydrogens (tertiary/aromatic N) is 2. The number of carbonyl (C=O) groups is 2. The average Bonchev–Trinajstić information content (AvgIpc) is 2.60. The molecule has 0 spiro atoms. The van der Waals surface area contributed by atoms with Crippen LogP contribution in [-0.2, 0) is 21.4 Å². The molecule has 110 valence electrons. The fourth-order valence-electron chi connectivity index (χ4n) is 1.56. The molecule has 2 N–H and O–H groups in total. The van der Waals surface area contributed by atoms with Crippen LogP contribution >= 0.6 is 11.6 Å². The zero-order chi connectivity index (χ0) is 15.3. The fraction of sp³-hybridized carbons (Fsp3) is 0.417. The standard InChI is InChI=1S/C12H16ClN3O4/c1-7-8(11(13)16(2)15-7)4-5-10(17)14-9(6-20-3)12(18)19/h4-5,9H,6H2,1-3H3,(H,14,17)(H,18,19)/b5-4+. The first-order valence-electron chi connectivity index (χ1n) is 5.76. The zero-order valence-electron chi connectivity index (χ0n) is 11.4. The Morgan fingerprint density at radius 2 is 2.25 bits per heavy atom. The normalized spacial score (nSPS) is 12.6. The van der Waals surface area contributed by atoms with E-state index in [9.17, 15) is 9.59 Å². The fourth-order valence-corrected chi connectivity index (χ4v) is 1.79. The first-order chi connectivity index (χ1) is 9.36. The van der Waals surface area contributed by atoms with Crippen molar-refractivity contribution >= 4 is 29.6 Å². The molecule has 0 saturated carbocycles. The molecule has 1 rings (SSSR count). The number of carboxylic acid groups (broad SMARTS) is 1. The Morgan fingerprint density at radius 3 is 2.70 bits per heavy atom. The highest BCUT2D eigenvalue weighted by molar-refractivity contribution is 6.31. The van der Waals surface area contributed by atoms with Crippen LogP contribution in [0.3, 0.4) is 0 Å². The highest BCUT2D eigenvalue weighted by Crippen LogP contribution is 2.19. The van der Waals surface area contributed by atoms with Crippen LogP contribution in [0.25, 0.3) is 6.08 Å². The number of nitrogens with one attached hydrogen (secondary N) is 1. The van der Waals surface area contributed by atoms with Crippen molar-refractivity contribution < 1.29 is 19.4 Å². The van der Waals surface area contributed by atoms with Gasteiger partial charge in [0.25, 0.3) is 0 Å². The second kappa shape index (κ2) is 7.06. The third-order valence-electron chi connectivity index (χ3n) is 2.55. The number of hydrogen-bond donors (Lipinski definition) is 2. The molecule has 0 aliphatic heterocycles. The van der Waals surface area contributed by atoms with Crippen molar-refractivity contribution in [1.29, 1.82) is 0 Å². The van der Waals surface area contributed by atoms with Crippen molar-refractivity contribution in [2.45, 2.75) is 13.0 Å². The monoisotopic (exact) mass is 301 g/mol. The van der Waals surface area contributed by atoms with Crippen LogP contribution < -0.4 is 5.32 Å². The summed E-state index contributed by atoms with van der Waals surface area (Å²) in [6, 6.07) is -1.09. The maximum Gasteiger partial charge on any atom is 0.328 e. The Hall–Kier alpha value is -1.86. The molecule has 0 aliphatic rings. The molecule has 0 aromatic carbocycles. The van der Waals surface area contributed by atoms with Crippen LogP contribution in [-0.4, -0.2) is 46.5 Å². The Kier molecular flexibility index (Phi) is 5.72. The van der Waals surface area contributed by atoms with E-state index in [1.54, 1.807) is 14.0 Å². The molecule has 1 aromatic heterocycles. The molecule has 0 aliphatic carbocycles. The molecule has 1 atom stereocenters. The molecule has 1 heterocycles. The van der Waals surface area contributed by atoms with E-state index < -0.39 is 17.9 Å². The predicted octanol–water partition coefficient (Wildman–Crippen LogP) is 0.611. The lowest BCUT2D eigenvalue weighted by atomic mass is 10.2. The van der Waals surface area contributed by atoms with Gasteiger partial charge >= 0.3 is 5.97 Å². The van der Waals surface area contributed by atoms with Crippen LogP contribution in [0, 0.1) is 6.92 Å². The lowest BCUT2D eigenvalue weighted by Gasteiger charge is -2.11. The van der Waals surface area contributed by atoms with E-state index in [1.807, 2.05) is 0 Å². The summed E-state index contributed by atoms with van der Waals surface area (Å²) >= 11 is 6.01. The SMILES string of the molecule is COCC(NC(=O)/C=C/c1c(C)nn(C)c1Cl)C(=O)O. The van der Waals surface area contributed by atoms with Gasteiger partial charge in [-0.1, -0.05) is 11.6 Å². The van der Waals surface area contributed by atoms with Crippen LogP contribution in [0.2, 0.25) is 5.15 Å². The van der Waals surface area contributed by atoms with Gasteiger partial charge < -0.3 is 15.2 Å². The highest BCUT2D eigenvalue weighted by Gasteiger charge is 2.18. The van der Waals surface area contributed by atoms with E-state index in [0.29, 0.717) is 16.4 Å². The molecule has 0 fully saturated rings. The summed E-state index contributed by atoms with van der Waals surface area (Å²) in [6.45, 7) is 1.65. The van der Waals surface area contributed by atoms with Crippen LogP contribution in [0.5, 0.6) is 0 Å². The average molecular weight is 302 g/mol. The molecule has 0 radical (unpaired) electrons. The van der Waals surface area contributed by atoms with E-state index >= 15 is 0 Å². The van der Waals surface area contributed by atoms with E-state index in [2.05, 4.69) is 10.4 Å². The van der Waals surface area contributed by atoms with E-state index in [0.717, 1.165) is 0 Å². The molecule has 0 saturated heterocycles. The summed E-state index contributed by atoms with van der Waals surface area (Å²) in [7, 11) is 3.04. The van der Waals surface area contributed by atoms with Gasteiger partial charge in [-0.3, -0.25) is 9.48 Å². The summed E-state index contributed by atoms with van der Waals surface area (Å²) in [5.74, 6) is -1.71. The van der Waals surface area contributed by atoms with Crippen molar-refractivity contribution in [3.8, 4) is 0 Å². The van der Waals surface area contributed by atoms with Gasteiger partial charge in [-0.25, -0.2) is 4.79 Å².